The Morgan fingerprint density at radius 3 is 2.67 bits per heavy atom. The highest BCUT2D eigenvalue weighted by atomic mass is 35.5. The zero-order valence-corrected chi connectivity index (χ0v) is 8.41. The number of carbonyl (C=O) groups is 2. The maximum absolute atomic E-state index is 11.4. The van der Waals surface area contributed by atoms with Gasteiger partial charge in [0.2, 0.25) is 0 Å². The van der Waals surface area contributed by atoms with Crippen LogP contribution < -0.4 is 10.9 Å². The second-order valence-corrected chi connectivity index (χ2v) is 3.11. The Bertz CT molecular complexity index is 381. The highest BCUT2D eigenvalue weighted by Crippen LogP contribution is 2.09. The van der Waals surface area contributed by atoms with E-state index in [1.54, 1.807) is 18.2 Å². The van der Waals surface area contributed by atoms with E-state index in [4.69, 9.17) is 16.7 Å². The van der Waals surface area contributed by atoms with Crippen molar-refractivity contribution in [2.75, 3.05) is 6.61 Å². The van der Waals surface area contributed by atoms with Gasteiger partial charge < -0.3 is 5.11 Å². The summed E-state index contributed by atoms with van der Waals surface area (Å²) < 4.78 is 0. The first-order chi connectivity index (χ1) is 7.13. The van der Waals surface area contributed by atoms with Crippen molar-refractivity contribution in [3.8, 4) is 0 Å². The summed E-state index contributed by atoms with van der Waals surface area (Å²) in [6, 6.07) is 6.25. The van der Waals surface area contributed by atoms with E-state index < -0.39 is 18.4 Å². The molecule has 0 aliphatic heterocycles. The molecular formula is C9H9ClN2O3. The maximum atomic E-state index is 11.4. The van der Waals surface area contributed by atoms with Crippen molar-refractivity contribution in [1.29, 1.82) is 0 Å². The van der Waals surface area contributed by atoms with Crippen molar-refractivity contribution < 1.29 is 14.7 Å². The van der Waals surface area contributed by atoms with Gasteiger partial charge in [0.1, 0.15) is 6.61 Å². The lowest BCUT2D eigenvalue weighted by atomic mass is 10.2. The number of hydrazine groups is 1. The number of aliphatic hydroxyl groups is 1. The first-order valence-corrected chi connectivity index (χ1v) is 4.47. The van der Waals surface area contributed by atoms with Crippen LogP contribution in [0.4, 0.5) is 0 Å². The lowest BCUT2D eigenvalue weighted by Gasteiger charge is -2.05. The number of benzene rings is 1. The van der Waals surface area contributed by atoms with Crippen molar-refractivity contribution in [1.82, 2.24) is 10.9 Å². The van der Waals surface area contributed by atoms with E-state index in [-0.39, 0.29) is 0 Å². The topological polar surface area (TPSA) is 78.4 Å². The second-order valence-electron chi connectivity index (χ2n) is 2.67. The molecule has 0 saturated heterocycles. The molecule has 0 aliphatic rings. The number of aliphatic hydroxyl groups excluding tert-OH is 1. The van der Waals surface area contributed by atoms with Crippen molar-refractivity contribution in [3.05, 3.63) is 34.9 Å². The Balaban J connectivity index is 2.58. The van der Waals surface area contributed by atoms with Gasteiger partial charge in [-0.2, -0.15) is 0 Å². The van der Waals surface area contributed by atoms with E-state index in [0.29, 0.717) is 10.6 Å². The molecule has 0 radical (unpaired) electrons. The summed E-state index contributed by atoms with van der Waals surface area (Å²) >= 11 is 5.67. The third-order valence-corrected chi connectivity index (χ3v) is 1.78. The van der Waals surface area contributed by atoms with Gasteiger partial charge in [-0.1, -0.05) is 17.7 Å². The number of nitrogens with one attached hydrogen (secondary N) is 2. The minimum atomic E-state index is -0.689. The number of halogens is 1. The maximum Gasteiger partial charge on any atom is 0.269 e. The lowest BCUT2D eigenvalue weighted by Crippen LogP contribution is -2.42. The summed E-state index contributed by atoms with van der Waals surface area (Å²) in [5.74, 6) is -1.19. The van der Waals surface area contributed by atoms with Crippen LogP contribution in [0.15, 0.2) is 24.3 Å². The molecule has 0 bridgehead atoms. The molecule has 0 spiro atoms. The minimum Gasteiger partial charge on any atom is -0.386 e. The van der Waals surface area contributed by atoms with Gasteiger partial charge in [0.15, 0.2) is 0 Å². The van der Waals surface area contributed by atoms with E-state index in [1.807, 2.05) is 5.43 Å². The molecule has 0 unspecified atom stereocenters. The largest absolute Gasteiger partial charge is 0.386 e. The van der Waals surface area contributed by atoms with Crippen molar-refractivity contribution in [2.45, 2.75) is 0 Å². The fourth-order valence-corrected chi connectivity index (χ4v) is 1.06. The van der Waals surface area contributed by atoms with Crippen molar-refractivity contribution in [3.63, 3.8) is 0 Å². The summed E-state index contributed by atoms with van der Waals surface area (Å²) in [6.45, 7) is -0.685. The Morgan fingerprint density at radius 2 is 2.07 bits per heavy atom. The van der Waals surface area contributed by atoms with Gasteiger partial charge in [0.25, 0.3) is 11.8 Å². The number of amides is 2. The summed E-state index contributed by atoms with van der Waals surface area (Å²) in [5, 5.41) is 8.80. The molecule has 1 rings (SSSR count). The predicted octanol–water partition coefficient (Wildman–Crippen LogP) is 0.0933. The molecule has 0 aliphatic carbocycles. The van der Waals surface area contributed by atoms with Gasteiger partial charge in [0, 0.05) is 10.6 Å². The van der Waals surface area contributed by atoms with E-state index in [0.717, 1.165) is 0 Å². The summed E-state index contributed by atoms with van der Waals surface area (Å²) in [7, 11) is 0. The predicted molar refractivity (Wildman–Crippen MR) is 54.1 cm³/mol. The quantitative estimate of drug-likeness (QED) is 0.628. The fourth-order valence-electron chi connectivity index (χ4n) is 0.868. The van der Waals surface area contributed by atoms with Crippen LogP contribution >= 0.6 is 11.6 Å². The first-order valence-electron chi connectivity index (χ1n) is 4.09. The number of hydrogen-bond acceptors (Lipinski definition) is 3. The Hall–Kier alpha value is -1.59. The molecule has 15 heavy (non-hydrogen) atoms. The number of carbonyl (C=O) groups excluding carboxylic acids is 2. The third-order valence-electron chi connectivity index (χ3n) is 1.55. The molecule has 0 saturated carbocycles. The van der Waals surface area contributed by atoms with Crippen LogP contribution in [0.25, 0.3) is 0 Å². The highest BCUT2D eigenvalue weighted by Gasteiger charge is 2.06. The van der Waals surface area contributed by atoms with Crippen molar-refractivity contribution in [2.24, 2.45) is 0 Å². The van der Waals surface area contributed by atoms with E-state index in [9.17, 15) is 9.59 Å². The van der Waals surface area contributed by atoms with Gasteiger partial charge in [-0.15, -0.1) is 0 Å². The first kappa shape index (κ1) is 11.5. The Kier molecular flexibility index (Phi) is 4.08. The molecule has 3 N–H and O–H groups in total. The summed E-state index contributed by atoms with van der Waals surface area (Å²) in [5.41, 5.74) is 4.46. The molecule has 0 atom stereocenters. The molecule has 1 aromatic rings. The molecule has 1 aromatic carbocycles. The standard InChI is InChI=1S/C9H9ClN2O3/c10-7-3-1-2-6(4-7)9(15)12-11-8(14)5-13/h1-4,13H,5H2,(H,11,14)(H,12,15). The zero-order valence-electron chi connectivity index (χ0n) is 7.66. The molecule has 2 amide bonds. The SMILES string of the molecule is O=C(CO)NNC(=O)c1cccc(Cl)c1. The Morgan fingerprint density at radius 1 is 1.33 bits per heavy atom. The van der Waals surface area contributed by atoms with Gasteiger partial charge in [0.05, 0.1) is 0 Å². The van der Waals surface area contributed by atoms with Crippen LogP contribution in [-0.4, -0.2) is 23.5 Å². The van der Waals surface area contributed by atoms with Gasteiger partial charge in [-0.05, 0) is 18.2 Å². The van der Waals surface area contributed by atoms with E-state index in [2.05, 4.69) is 5.43 Å². The Labute approximate surface area is 91.0 Å². The highest BCUT2D eigenvalue weighted by molar-refractivity contribution is 6.30. The summed E-state index contributed by atoms with van der Waals surface area (Å²) in [6.07, 6.45) is 0. The van der Waals surface area contributed by atoms with Crippen LogP contribution in [0.3, 0.4) is 0 Å². The number of hydrogen-bond donors (Lipinski definition) is 3. The minimum absolute atomic E-state index is 0.320. The van der Waals surface area contributed by atoms with E-state index >= 15 is 0 Å². The molecular weight excluding hydrogens is 220 g/mol. The fraction of sp³-hybridized carbons (Fsp3) is 0.111. The second kappa shape index (κ2) is 5.33. The van der Waals surface area contributed by atoms with Crippen LogP contribution in [0.5, 0.6) is 0 Å². The average molecular weight is 229 g/mol. The van der Waals surface area contributed by atoms with Crippen molar-refractivity contribution >= 4 is 23.4 Å². The summed E-state index contributed by atoms with van der Waals surface area (Å²) in [4.78, 5) is 22.0. The zero-order chi connectivity index (χ0) is 11.3. The van der Waals surface area contributed by atoms with E-state index in [1.165, 1.54) is 6.07 Å². The monoisotopic (exact) mass is 228 g/mol. The van der Waals surface area contributed by atoms with Crippen LogP contribution in [-0.2, 0) is 4.79 Å². The van der Waals surface area contributed by atoms with Crippen LogP contribution in [0, 0.1) is 0 Å². The molecule has 80 valence electrons. The molecule has 0 fully saturated rings. The third kappa shape index (κ3) is 3.57. The van der Waals surface area contributed by atoms with Crippen LogP contribution in [0.1, 0.15) is 10.4 Å². The molecule has 6 heteroatoms. The molecule has 5 nitrogen and oxygen atoms in total. The lowest BCUT2D eigenvalue weighted by molar-refractivity contribution is -0.124. The molecule has 0 aromatic heterocycles. The smallest absolute Gasteiger partial charge is 0.269 e. The number of rotatable bonds is 2. The molecule has 0 heterocycles. The van der Waals surface area contributed by atoms with Gasteiger partial charge in [-0.3, -0.25) is 20.4 Å². The van der Waals surface area contributed by atoms with Gasteiger partial charge >= 0.3 is 0 Å². The average Bonchev–Trinajstić information content (AvgIpc) is 2.25. The normalized spacial score (nSPS) is 9.47. The van der Waals surface area contributed by atoms with Crippen LogP contribution in [0.2, 0.25) is 5.02 Å². The van der Waals surface area contributed by atoms with Gasteiger partial charge in [-0.25, -0.2) is 0 Å².